The third-order valence-corrected chi connectivity index (χ3v) is 3.31. The van der Waals surface area contributed by atoms with Crippen molar-refractivity contribution < 1.29 is 18.3 Å². The SMILES string of the molecule is COc1ccc(Br)cc1CNc1ccccc1OC(F)F. The van der Waals surface area contributed by atoms with Crippen molar-refractivity contribution in [2.75, 3.05) is 12.4 Å². The second-order valence-corrected chi connectivity index (χ2v) is 5.10. The van der Waals surface area contributed by atoms with Gasteiger partial charge in [-0.2, -0.15) is 8.78 Å². The van der Waals surface area contributed by atoms with E-state index >= 15 is 0 Å². The van der Waals surface area contributed by atoms with Crippen LogP contribution in [0.1, 0.15) is 5.56 Å². The van der Waals surface area contributed by atoms with Crippen molar-refractivity contribution in [2.45, 2.75) is 13.2 Å². The summed E-state index contributed by atoms with van der Waals surface area (Å²) in [6.07, 6.45) is 0. The lowest BCUT2D eigenvalue weighted by atomic mass is 10.2. The summed E-state index contributed by atoms with van der Waals surface area (Å²) in [5.74, 6) is 0.833. The Morgan fingerprint density at radius 2 is 1.90 bits per heavy atom. The van der Waals surface area contributed by atoms with Crippen molar-refractivity contribution in [1.82, 2.24) is 0 Å². The van der Waals surface area contributed by atoms with Gasteiger partial charge in [0, 0.05) is 16.6 Å². The highest BCUT2D eigenvalue weighted by Gasteiger charge is 2.10. The van der Waals surface area contributed by atoms with Crippen molar-refractivity contribution in [2.24, 2.45) is 0 Å². The van der Waals surface area contributed by atoms with Crippen LogP contribution in [0.5, 0.6) is 11.5 Å². The fourth-order valence-electron chi connectivity index (χ4n) is 1.89. The lowest BCUT2D eigenvalue weighted by molar-refractivity contribution is -0.0493. The Labute approximate surface area is 130 Å². The Balaban J connectivity index is 2.15. The van der Waals surface area contributed by atoms with E-state index in [4.69, 9.17) is 4.74 Å². The Morgan fingerprint density at radius 1 is 1.14 bits per heavy atom. The first-order valence-corrected chi connectivity index (χ1v) is 6.99. The van der Waals surface area contributed by atoms with Crippen molar-refractivity contribution >= 4 is 21.6 Å². The van der Waals surface area contributed by atoms with Gasteiger partial charge in [0.2, 0.25) is 0 Å². The zero-order chi connectivity index (χ0) is 15.2. The molecule has 0 radical (unpaired) electrons. The minimum Gasteiger partial charge on any atom is -0.496 e. The molecule has 2 rings (SSSR count). The van der Waals surface area contributed by atoms with Gasteiger partial charge >= 0.3 is 6.61 Å². The zero-order valence-corrected chi connectivity index (χ0v) is 12.9. The zero-order valence-electron chi connectivity index (χ0n) is 11.3. The van der Waals surface area contributed by atoms with E-state index < -0.39 is 6.61 Å². The Kier molecular flexibility index (Phi) is 5.38. The van der Waals surface area contributed by atoms with Crippen LogP contribution in [-0.4, -0.2) is 13.7 Å². The monoisotopic (exact) mass is 357 g/mol. The van der Waals surface area contributed by atoms with Gasteiger partial charge in [0.25, 0.3) is 0 Å². The molecule has 0 aliphatic carbocycles. The maximum absolute atomic E-state index is 12.4. The summed E-state index contributed by atoms with van der Waals surface area (Å²) >= 11 is 3.39. The molecule has 0 aromatic heterocycles. The number of hydrogen-bond acceptors (Lipinski definition) is 3. The Bertz CT molecular complexity index is 608. The molecule has 0 saturated heterocycles. The lowest BCUT2D eigenvalue weighted by Crippen LogP contribution is -2.07. The van der Waals surface area contributed by atoms with Gasteiger partial charge < -0.3 is 14.8 Å². The highest BCUT2D eigenvalue weighted by atomic mass is 79.9. The maximum atomic E-state index is 12.4. The smallest absolute Gasteiger partial charge is 0.387 e. The minimum atomic E-state index is -2.85. The van der Waals surface area contributed by atoms with Crippen LogP contribution >= 0.6 is 15.9 Å². The maximum Gasteiger partial charge on any atom is 0.387 e. The highest BCUT2D eigenvalue weighted by molar-refractivity contribution is 9.10. The molecule has 0 bridgehead atoms. The Hall–Kier alpha value is -1.82. The second kappa shape index (κ2) is 7.26. The summed E-state index contributed by atoms with van der Waals surface area (Å²) in [7, 11) is 1.58. The van der Waals surface area contributed by atoms with E-state index in [1.165, 1.54) is 6.07 Å². The number of rotatable bonds is 6. The summed E-state index contributed by atoms with van der Waals surface area (Å²) in [6.45, 7) is -2.43. The normalized spacial score (nSPS) is 10.5. The molecule has 0 fully saturated rings. The van der Waals surface area contributed by atoms with E-state index in [0.29, 0.717) is 12.2 Å². The van der Waals surface area contributed by atoms with Gasteiger partial charge in [0.1, 0.15) is 11.5 Å². The van der Waals surface area contributed by atoms with Gasteiger partial charge in [0.05, 0.1) is 12.8 Å². The average molecular weight is 358 g/mol. The fraction of sp³-hybridized carbons (Fsp3) is 0.200. The van der Waals surface area contributed by atoms with Crippen LogP contribution in [0.3, 0.4) is 0 Å². The molecular formula is C15H14BrF2NO2. The predicted octanol–water partition coefficient (Wildman–Crippen LogP) is 4.67. The number of para-hydroxylation sites is 2. The van der Waals surface area contributed by atoms with Crippen molar-refractivity contribution in [3.05, 3.63) is 52.5 Å². The largest absolute Gasteiger partial charge is 0.496 e. The average Bonchev–Trinajstić information content (AvgIpc) is 2.46. The molecular weight excluding hydrogens is 344 g/mol. The van der Waals surface area contributed by atoms with E-state index in [9.17, 15) is 8.78 Å². The van der Waals surface area contributed by atoms with E-state index in [-0.39, 0.29) is 5.75 Å². The van der Waals surface area contributed by atoms with Gasteiger partial charge in [0.15, 0.2) is 0 Å². The van der Waals surface area contributed by atoms with Gasteiger partial charge in [-0.15, -0.1) is 0 Å². The fourth-order valence-corrected chi connectivity index (χ4v) is 2.30. The van der Waals surface area contributed by atoms with Crippen LogP contribution < -0.4 is 14.8 Å². The number of halogens is 3. The topological polar surface area (TPSA) is 30.5 Å². The van der Waals surface area contributed by atoms with E-state index in [1.54, 1.807) is 25.3 Å². The molecule has 1 N–H and O–H groups in total. The standard InChI is InChI=1S/C15H14BrF2NO2/c1-20-13-7-6-11(16)8-10(13)9-19-12-4-2-3-5-14(12)21-15(17)18/h2-8,15,19H,9H2,1H3. The number of alkyl halides is 2. The first-order valence-electron chi connectivity index (χ1n) is 6.20. The molecule has 0 aliphatic rings. The molecule has 0 unspecified atom stereocenters. The molecule has 6 heteroatoms. The van der Waals surface area contributed by atoms with Crippen molar-refractivity contribution in [1.29, 1.82) is 0 Å². The molecule has 0 heterocycles. The molecule has 0 atom stereocenters. The third kappa shape index (κ3) is 4.32. The molecule has 0 saturated carbocycles. The van der Waals surface area contributed by atoms with Crippen molar-refractivity contribution in [3.8, 4) is 11.5 Å². The summed E-state index contributed by atoms with van der Waals surface area (Å²) < 4.78 is 35.4. The highest BCUT2D eigenvalue weighted by Crippen LogP contribution is 2.28. The van der Waals surface area contributed by atoms with E-state index in [2.05, 4.69) is 26.0 Å². The number of methoxy groups -OCH3 is 1. The van der Waals surface area contributed by atoms with Gasteiger partial charge in [-0.1, -0.05) is 28.1 Å². The van der Waals surface area contributed by atoms with Crippen LogP contribution in [0.4, 0.5) is 14.5 Å². The number of nitrogens with one attached hydrogen (secondary N) is 1. The molecule has 112 valence electrons. The predicted molar refractivity (Wildman–Crippen MR) is 81.1 cm³/mol. The van der Waals surface area contributed by atoms with Crippen LogP contribution in [0.15, 0.2) is 46.9 Å². The number of hydrogen-bond donors (Lipinski definition) is 1. The van der Waals surface area contributed by atoms with Crippen molar-refractivity contribution in [3.63, 3.8) is 0 Å². The molecule has 0 aliphatic heterocycles. The quantitative estimate of drug-likeness (QED) is 0.814. The summed E-state index contributed by atoms with van der Waals surface area (Å²) in [5.41, 5.74) is 1.40. The van der Waals surface area contributed by atoms with Gasteiger partial charge in [-0.3, -0.25) is 0 Å². The minimum absolute atomic E-state index is 0.112. The second-order valence-electron chi connectivity index (χ2n) is 4.18. The Morgan fingerprint density at radius 3 is 2.62 bits per heavy atom. The first-order chi connectivity index (χ1) is 10.1. The van der Waals surface area contributed by atoms with E-state index in [1.807, 2.05) is 18.2 Å². The molecule has 0 amide bonds. The summed E-state index contributed by atoms with van der Waals surface area (Å²) in [6, 6.07) is 12.2. The molecule has 2 aromatic rings. The van der Waals surface area contributed by atoms with E-state index in [0.717, 1.165) is 15.8 Å². The van der Waals surface area contributed by atoms with Gasteiger partial charge in [-0.05, 0) is 30.3 Å². The van der Waals surface area contributed by atoms with Crippen LogP contribution in [-0.2, 0) is 6.54 Å². The van der Waals surface area contributed by atoms with Crippen LogP contribution in [0, 0.1) is 0 Å². The molecule has 2 aromatic carbocycles. The summed E-state index contributed by atoms with van der Waals surface area (Å²) in [5, 5.41) is 3.08. The molecule has 21 heavy (non-hydrogen) atoms. The number of anilines is 1. The molecule has 0 spiro atoms. The van der Waals surface area contributed by atoms with Gasteiger partial charge in [-0.25, -0.2) is 0 Å². The first kappa shape index (κ1) is 15.6. The van der Waals surface area contributed by atoms with Crippen LogP contribution in [0.2, 0.25) is 0 Å². The third-order valence-electron chi connectivity index (χ3n) is 2.81. The summed E-state index contributed by atoms with van der Waals surface area (Å²) in [4.78, 5) is 0. The molecule has 3 nitrogen and oxygen atoms in total. The lowest BCUT2D eigenvalue weighted by Gasteiger charge is -2.14. The number of ether oxygens (including phenoxy) is 2. The number of benzene rings is 2. The van der Waals surface area contributed by atoms with Crippen LogP contribution in [0.25, 0.3) is 0 Å².